The molecule has 1 amide bonds. The second-order valence-corrected chi connectivity index (χ2v) is 4.60. The molecule has 1 unspecified atom stereocenters. The molecule has 2 aromatic heterocycles. The molecule has 0 aliphatic carbocycles. The molecule has 94 valence electrons. The van der Waals surface area contributed by atoms with Crippen LogP contribution in [0.2, 0.25) is 0 Å². The lowest BCUT2D eigenvalue weighted by Gasteiger charge is -2.16. The first-order chi connectivity index (χ1) is 8.72. The molecule has 1 N–H and O–H groups in total. The Morgan fingerprint density at radius 3 is 3.00 bits per heavy atom. The SMILES string of the molecule is COc1cnccc1C(C)NC(=O)c1ccsc1. The maximum atomic E-state index is 11.9. The highest BCUT2D eigenvalue weighted by atomic mass is 32.1. The van der Waals surface area contributed by atoms with Crippen molar-refractivity contribution in [1.29, 1.82) is 0 Å². The quantitative estimate of drug-likeness (QED) is 0.921. The summed E-state index contributed by atoms with van der Waals surface area (Å²) in [5.41, 5.74) is 1.59. The summed E-state index contributed by atoms with van der Waals surface area (Å²) in [5.74, 6) is 0.596. The first kappa shape index (κ1) is 12.6. The molecule has 0 saturated carbocycles. The van der Waals surface area contributed by atoms with Crippen LogP contribution in [0.5, 0.6) is 5.75 Å². The normalized spacial score (nSPS) is 11.9. The number of amides is 1. The molecule has 5 heteroatoms. The van der Waals surface area contributed by atoms with Gasteiger partial charge in [0.05, 0.1) is 24.9 Å². The summed E-state index contributed by atoms with van der Waals surface area (Å²) in [6.07, 6.45) is 3.33. The Kier molecular flexibility index (Phi) is 3.94. The van der Waals surface area contributed by atoms with Crippen LogP contribution in [-0.2, 0) is 0 Å². The van der Waals surface area contributed by atoms with Gasteiger partial charge >= 0.3 is 0 Å². The van der Waals surface area contributed by atoms with Crippen LogP contribution in [0, 0.1) is 0 Å². The minimum Gasteiger partial charge on any atom is -0.495 e. The fourth-order valence-electron chi connectivity index (χ4n) is 1.67. The van der Waals surface area contributed by atoms with E-state index in [9.17, 15) is 4.79 Å². The summed E-state index contributed by atoms with van der Waals surface area (Å²) < 4.78 is 5.23. The van der Waals surface area contributed by atoms with Gasteiger partial charge in [-0.3, -0.25) is 9.78 Å². The van der Waals surface area contributed by atoms with Gasteiger partial charge in [0.2, 0.25) is 0 Å². The van der Waals surface area contributed by atoms with E-state index in [0.717, 1.165) is 5.56 Å². The second-order valence-electron chi connectivity index (χ2n) is 3.82. The molecule has 2 aromatic rings. The zero-order valence-electron chi connectivity index (χ0n) is 10.2. The van der Waals surface area contributed by atoms with Crippen LogP contribution < -0.4 is 10.1 Å². The van der Waals surface area contributed by atoms with Gasteiger partial charge in [0.1, 0.15) is 5.75 Å². The Labute approximate surface area is 110 Å². The van der Waals surface area contributed by atoms with Crippen molar-refractivity contribution in [2.45, 2.75) is 13.0 Å². The Hall–Kier alpha value is -1.88. The first-order valence-electron chi connectivity index (χ1n) is 5.53. The van der Waals surface area contributed by atoms with Crippen LogP contribution in [0.3, 0.4) is 0 Å². The van der Waals surface area contributed by atoms with Crippen molar-refractivity contribution in [2.24, 2.45) is 0 Å². The van der Waals surface area contributed by atoms with E-state index in [1.54, 1.807) is 25.6 Å². The summed E-state index contributed by atoms with van der Waals surface area (Å²) in [7, 11) is 1.59. The van der Waals surface area contributed by atoms with E-state index in [0.29, 0.717) is 11.3 Å². The molecule has 2 rings (SSSR count). The number of aromatic nitrogens is 1. The summed E-state index contributed by atoms with van der Waals surface area (Å²) in [5, 5.41) is 6.64. The zero-order chi connectivity index (χ0) is 13.0. The predicted molar refractivity (Wildman–Crippen MR) is 71.0 cm³/mol. The molecule has 2 heterocycles. The van der Waals surface area contributed by atoms with Crippen LogP contribution in [0.15, 0.2) is 35.3 Å². The summed E-state index contributed by atoms with van der Waals surface area (Å²) in [6, 6.07) is 3.52. The van der Waals surface area contributed by atoms with Gasteiger partial charge in [0, 0.05) is 17.1 Å². The lowest BCUT2D eigenvalue weighted by Crippen LogP contribution is -2.26. The van der Waals surface area contributed by atoms with E-state index in [2.05, 4.69) is 10.3 Å². The van der Waals surface area contributed by atoms with Crippen molar-refractivity contribution in [3.8, 4) is 5.75 Å². The average Bonchev–Trinajstić information content (AvgIpc) is 2.92. The number of carbonyl (C=O) groups excluding carboxylic acids is 1. The third kappa shape index (κ3) is 2.68. The summed E-state index contributed by atoms with van der Waals surface area (Å²) >= 11 is 1.50. The molecule has 0 radical (unpaired) electrons. The molecular formula is C13H14N2O2S. The number of pyridine rings is 1. The van der Waals surface area contributed by atoms with Crippen LogP contribution >= 0.6 is 11.3 Å². The molecule has 0 bridgehead atoms. The van der Waals surface area contributed by atoms with Gasteiger partial charge in [0.25, 0.3) is 5.91 Å². The minimum absolute atomic E-state index is 0.0809. The Morgan fingerprint density at radius 2 is 2.33 bits per heavy atom. The van der Waals surface area contributed by atoms with Crippen molar-refractivity contribution in [3.05, 3.63) is 46.4 Å². The van der Waals surface area contributed by atoms with Crippen LogP contribution in [0.1, 0.15) is 28.9 Å². The number of rotatable bonds is 4. The molecule has 0 aromatic carbocycles. The molecule has 0 fully saturated rings. The molecule has 0 aliphatic rings. The lowest BCUT2D eigenvalue weighted by molar-refractivity contribution is 0.0940. The third-order valence-electron chi connectivity index (χ3n) is 2.63. The second kappa shape index (κ2) is 5.64. The zero-order valence-corrected chi connectivity index (χ0v) is 11.0. The molecule has 0 aliphatic heterocycles. The highest BCUT2D eigenvalue weighted by Gasteiger charge is 2.15. The minimum atomic E-state index is -0.129. The first-order valence-corrected chi connectivity index (χ1v) is 6.47. The van der Waals surface area contributed by atoms with Crippen LogP contribution in [0.4, 0.5) is 0 Å². The van der Waals surface area contributed by atoms with Crippen molar-refractivity contribution in [3.63, 3.8) is 0 Å². The smallest absolute Gasteiger partial charge is 0.252 e. The summed E-state index contributed by atoms with van der Waals surface area (Å²) in [6.45, 7) is 1.92. The van der Waals surface area contributed by atoms with E-state index in [1.807, 2.05) is 23.8 Å². The predicted octanol–water partition coefficient (Wildman–Crippen LogP) is 2.64. The standard InChI is InChI=1S/C13H14N2O2S/c1-9(11-3-5-14-7-12(11)17-2)15-13(16)10-4-6-18-8-10/h3-9H,1-2H3,(H,15,16). The molecular weight excluding hydrogens is 248 g/mol. The van der Waals surface area contributed by atoms with E-state index < -0.39 is 0 Å². The van der Waals surface area contributed by atoms with Crippen molar-refractivity contribution in [2.75, 3.05) is 7.11 Å². The summed E-state index contributed by atoms with van der Waals surface area (Å²) in [4.78, 5) is 15.9. The number of nitrogens with zero attached hydrogens (tertiary/aromatic N) is 1. The van der Waals surface area contributed by atoms with Gasteiger partial charge in [-0.05, 0) is 24.4 Å². The largest absolute Gasteiger partial charge is 0.495 e. The number of thiophene rings is 1. The van der Waals surface area contributed by atoms with Gasteiger partial charge in [0.15, 0.2) is 0 Å². The molecule has 18 heavy (non-hydrogen) atoms. The third-order valence-corrected chi connectivity index (χ3v) is 3.32. The van der Waals surface area contributed by atoms with Gasteiger partial charge in [-0.1, -0.05) is 0 Å². The van der Waals surface area contributed by atoms with E-state index in [1.165, 1.54) is 11.3 Å². The molecule has 4 nitrogen and oxygen atoms in total. The topological polar surface area (TPSA) is 51.2 Å². The van der Waals surface area contributed by atoms with Gasteiger partial charge in [-0.25, -0.2) is 0 Å². The van der Waals surface area contributed by atoms with Gasteiger partial charge in [-0.15, -0.1) is 0 Å². The molecule has 0 saturated heterocycles. The maximum Gasteiger partial charge on any atom is 0.252 e. The highest BCUT2D eigenvalue weighted by molar-refractivity contribution is 7.08. The molecule has 0 spiro atoms. The Bertz CT molecular complexity index is 526. The Morgan fingerprint density at radius 1 is 1.50 bits per heavy atom. The highest BCUT2D eigenvalue weighted by Crippen LogP contribution is 2.23. The maximum absolute atomic E-state index is 11.9. The van der Waals surface area contributed by atoms with Crippen LogP contribution in [0.25, 0.3) is 0 Å². The van der Waals surface area contributed by atoms with Gasteiger partial charge < -0.3 is 10.1 Å². The fourth-order valence-corrected chi connectivity index (χ4v) is 2.31. The number of hydrogen-bond donors (Lipinski definition) is 1. The van der Waals surface area contributed by atoms with Crippen molar-refractivity contribution < 1.29 is 9.53 Å². The van der Waals surface area contributed by atoms with Crippen molar-refractivity contribution >= 4 is 17.2 Å². The van der Waals surface area contributed by atoms with Gasteiger partial charge in [-0.2, -0.15) is 11.3 Å². The van der Waals surface area contributed by atoms with E-state index in [4.69, 9.17) is 4.74 Å². The number of carbonyl (C=O) groups is 1. The number of methoxy groups -OCH3 is 1. The monoisotopic (exact) mass is 262 g/mol. The fraction of sp³-hybridized carbons (Fsp3) is 0.231. The van der Waals surface area contributed by atoms with E-state index >= 15 is 0 Å². The molecule has 1 atom stereocenters. The number of hydrogen-bond acceptors (Lipinski definition) is 4. The average molecular weight is 262 g/mol. The number of ether oxygens (including phenoxy) is 1. The van der Waals surface area contributed by atoms with Crippen molar-refractivity contribution in [1.82, 2.24) is 10.3 Å². The van der Waals surface area contributed by atoms with Crippen LogP contribution in [-0.4, -0.2) is 18.0 Å². The Balaban J connectivity index is 2.12. The number of nitrogens with one attached hydrogen (secondary N) is 1. The lowest BCUT2D eigenvalue weighted by atomic mass is 10.1. The van der Waals surface area contributed by atoms with E-state index in [-0.39, 0.29) is 11.9 Å².